The standard InChI is InChI=1S/C10H20N2O2S/c1-10(2)6-9(10)12-15(13,14)7-8-4-3-5-11-8/h8-9,11-12H,3-7H2,1-2H3. The largest absolute Gasteiger partial charge is 0.313 e. The van der Waals surface area contributed by atoms with Crippen molar-refractivity contribution in [3.63, 3.8) is 0 Å². The zero-order chi connectivity index (χ0) is 11.1. The van der Waals surface area contributed by atoms with Gasteiger partial charge >= 0.3 is 0 Å². The molecule has 15 heavy (non-hydrogen) atoms. The van der Waals surface area contributed by atoms with E-state index in [1.807, 2.05) is 0 Å². The molecule has 1 aliphatic heterocycles. The molecule has 1 heterocycles. The third-order valence-electron chi connectivity index (χ3n) is 3.42. The Morgan fingerprint density at radius 2 is 2.13 bits per heavy atom. The fourth-order valence-corrected chi connectivity index (χ4v) is 3.84. The summed E-state index contributed by atoms with van der Waals surface area (Å²) in [6, 6.07) is 0.313. The average molecular weight is 232 g/mol. The summed E-state index contributed by atoms with van der Waals surface area (Å²) in [5, 5.41) is 3.21. The van der Waals surface area contributed by atoms with Crippen molar-refractivity contribution < 1.29 is 8.42 Å². The van der Waals surface area contributed by atoms with Crippen molar-refractivity contribution in [2.75, 3.05) is 12.3 Å². The maximum Gasteiger partial charge on any atom is 0.213 e. The number of sulfonamides is 1. The van der Waals surface area contributed by atoms with E-state index in [2.05, 4.69) is 23.9 Å². The third-order valence-corrected chi connectivity index (χ3v) is 4.90. The Morgan fingerprint density at radius 1 is 1.47 bits per heavy atom. The van der Waals surface area contributed by atoms with E-state index in [9.17, 15) is 8.42 Å². The van der Waals surface area contributed by atoms with E-state index in [-0.39, 0.29) is 23.3 Å². The van der Waals surface area contributed by atoms with E-state index >= 15 is 0 Å². The molecule has 0 aromatic carbocycles. The molecule has 0 amide bonds. The van der Waals surface area contributed by atoms with Crippen molar-refractivity contribution in [2.24, 2.45) is 5.41 Å². The van der Waals surface area contributed by atoms with Crippen LogP contribution < -0.4 is 10.0 Å². The first kappa shape index (κ1) is 11.4. The monoisotopic (exact) mass is 232 g/mol. The quantitative estimate of drug-likeness (QED) is 0.740. The molecule has 0 aromatic rings. The first-order valence-corrected chi connectivity index (χ1v) is 7.28. The van der Waals surface area contributed by atoms with E-state index in [1.54, 1.807) is 0 Å². The van der Waals surface area contributed by atoms with Crippen molar-refractivity contribution in [3.05, 3.63) is 0 Å². The Balaban J connectivity index is 1.84. The van der Waals surface area contributed by atoms with Gasteiger partial charge < -0.3 is 5.32 Å². The summed E-state index contributed by atoms with van der Waals surface area (Å²) < 4.78 is 26.3. The lowest BCUT2D eigenvalue weighted by Gasteiger charge is -2.12. The van der Waals surface area contributed by atoms with Crippen LogP contribution in [0.15, 0.2) is 0 Å². The van der Waals surface area contributed by atoms with E-state index in [0.29, 0.717) is 0 Å². The molecule has 2 atom stereocenters. The Bertz CT molecular complexity index is 319. The molecule has 0 aromatic heterocycles. The molecule has 4 nitrogen and oxygen atoms in total. The Hall–Kier alpha value is -0.130. The molecule has 2 fully saturated rings. The molecule has 1 saturated heterocycles. The predicted molar refractivity (Wildman–Crippen MR) is 60.1 cm³/mol. The molecule has 1 saturated carbocycles. The Morgan fingerprint density at radius 3 is 2.60 bits per heavy atom. The van der Waals surface area contributed by atoms with Crippen LogP contribution in [0.25, 0.3) is 0 Å². The van der Waals surface area contributed by atoms with Gasteiger partial charge in [0.1, 0.15) is 0 Å². The lowest BCUT2D eigenvalue weighted by molar-refractivity contribution is 0.543. The summed E-state index contributed by atoms with van der Waals surface area (Å²) in [5.41, 5.74) is 0.163. The maximum atomic E-state index is 11.8. The fourth-order valence-electron chi connectivity index (χ4n) is 2.10. The van der Waals surface area contributed by atoms with Gasteiger partial charge in [0.25, 0.3) is 0 Å². The number of hydrogen-bond donors (Lipinski definition) is 2. The van der Waals surface area contributed by atoms with E-state index < -0.39 is 10.0 Å². The van der Waals surface area contributed by atoms with Crippen LogP contribution in [-0.2, 0) is 10.0 Å². The summed E-state index contributed by atoms with van der Waals surface area (Å²) in [5.74, 6) is 0.236. The normalized spacial score (nSPS) is 34.3. The smallest absolute Gasteiger partial charge is 0.213 e. The SMILES string of the molecule is CC1(C)CC1NS(=O)(=O)CC1CCCN1. The van der Waals surface area contributed by atoms with E-state index in [0.717, 1.165) is 25.8 Å². The van der Waals surface area contributed by atoms with Crippen LogP contribution in [0.3, 0.4) is 0 Å². The van der Waals surface area contributed by atoms with E-state index in [1.165, 1.54) is 0 Å². The molecule has 2 rings (SSSR count). The van der Waals surface area contributed by atoms with Crippen molar-refractivity contribution in [2.45, 2.75) is 45.2 Å². The number of nitrogens with one attached hydrogen (secondary N) is 2. The molecule has 0 bridgehead atoms. The molecule has 0 spiro atoms. The highest BCUT2D eigenvalue weighted by molar-refractivity contribution is 7.89. The van der Waals surface area contributed by atoms with Crippen LogP contribution in [0.2, 0.25) is 0 Å². The zero-order valence-corrected chi connectivity index (χ0v) is 10.2. The second-order valence-electron chi connectivity index (χ2n) is 5.44. The Labute approximate surface area is 91.9 Å². The van der Waals surface area contributed by atoms with Gasteiger partial charge in [0.05, 0.1) is 5.75 Å². The summed E-state index contributed by atoms with van der Waals surface area (Å²) >= 11 is 0. The highest BCUT2D eigenvalue weighted by Gasteiger charge is 2.47. The van der Waals surface area contributed by atoms with Crippen molar-refractivity contribution >= 4 is 10.0 Å². The van der Waals surface area contributed by atoms with Gasteiger partial charge in [0.15, 0.2) is 0 Å². The molecule has 5 heteroatoms. The average Bonchev–Trinajstić information content (AvgIpc) is 2.50. The minimum atomic E-state index is -3.09. The minimum absolute atomic E-state index is 0.156. The van der Waals surface area contributed by atoms with E-state index in [4.69, 9.17) is 0 Å². The van der Waals surface area contributed by atoms with Gasteiger partial charge in [0.2, 0.25) is 10.0 Å². The van der Waals surface area contributed by atoms with Gasteiger partial charge in [0, 0.05) is 12.1 Å². The van der Waals surface area contributed by atoms with Gasteiger partial charge in [-0.15, -0.1) is 0 Å². The first-order valence-electron chi connectivity index (χ1n) is 5.62. The molecule has 2 unspecified atom stereocenters. The molecule has 2 aliphatic rings. The molecule has 1 aliphatic carbocycles. The highest BCUT2D eigenvalue weighted by atomic mass is 32.2. The second kappa shape index (κ2) is 3.71. The predicted octanol–water partition coefficient (Wildman–Crippen LogP) is 0.456. The lowest BCUT2D eigenvalue weighted by atomic mass is 10.2. The van der Waals surface area contributed by atoms with Crippen LogP contribution in [0.1, 0.15) is 33.1 Å². The second-order valence-corrected chi connectivity index (χ2v) is 7.24. The maximum absolute atomic E-state index is 11.8. The summed E-state index contributed by atoms with van der Waals surface area (Å²) in [7, 11) is -3.09. The van der Waals surface area contributed by atoms with Crippen LogP contribution in [0.5, 0.6) is 0 Å². The number of hydrogen-bond acceptors (Lipinski definition) is 3. The van der Waals surface area contributed by atoms with Gasteiger partial charge in [-0.05, 0) is 31.2 Å². The molecular formula is C10H20N2O2S. The Kier molecular flexibility index (Phi) is 2.81. The van der Waals surface area contributed by atoms with Crippen LogP contribution >= 0.6 is 0 Å². The summed E-state index contributed by atoms with van der Waals surface area (Å²) in [4.78, 5) is 0. The molecular weight excluding hydrogens is 212 g/mol. The lowest BCUT2D eigenvalue weighted by Crippen LogP contribution is -2.38. The van der Waals surface area contributed by atoms with Gasteiger partial charge in [-0.2, -0.15) is 0 Å². The molecule has 88 valence electrons. The minimum Gasteiger partial charge on any atom is -0.313 e. The van der Waals surface area contributed by atoms with Gasteiger partial charge in [-0.3, -0.25) is 0 Å². The van der Waals surface area contributed by atoms with Crippen molar-refractivity contribution in [1.82, 2.24) is 10.0 Å². The molecule has 0 radical (unpaired) electrons. The molecule has 2 N–H and O–H groups in total. The highest BCUT2D eigenvalue weighted by Crippen LogP contribution is 2.44. The summed E-state index contributed by atoms with van der Waals surface area (Å²) in [6.45, 7) is 5.14. The van der Waals surface area contributed by atoms with Crippen LogP contribution in [-0.4, -0.2) is 32.8 Å². The van der Waals surface area contributed by atoms with Crippen LogP contribution in [0, 0.1) is 5.41 Å². The third kappa shape index (κ3) is 2.92. The fraction of sp³-hybridized carbons (Fsp3) is 1.00. The van der Waals surface area contributed by atoms with Crippen molar-refractivity contribution in [1.29, 1.82) is 0 Å². The first-order chi connectivity index (χ1) is 6.89. The number of rotatable bonds is 4. The van der Waals surface area contributed by atoms with Gasteiger partial charge in [-0.1, -0.05) is 13.8 Å². The van der Waals surface area contributed by atoms with Crippen LogP contribution in [0.4, 0.5) is 0 Å². The van der Waals surface area contributed by atoms with Gasteiger partial charge in [-0.25, -0.2) is 13.1 Å². The van der Waals surface area contributed by atoms with Crippen molar-refractivity contribution in [3.8, 4) is 0 Å². The topological polar surface area (TPSA) is 58.2 Å². The zero-order valence-electron chi connectivity index (χ0n) is 9.41. The summed E-state index contributed by atoms with van der Waals surface area (Å²) in [6.07, 6.45) is 3.04.